The molecule has 7 aliphatic rings. The van der Waals surface area contributed by atoms with Crippen molar-refractivity contribution in [3.63, 3.8) is 0 Å². The van der Waals surface area contributed by atoms with E-state index < -0.39 is 46.5 Å². The van der Waals surface area contributed by atoms with Crippen LogP contribution in [0.25, 0.3) is 0 Å². The zero-order valence-corrected chi connectivity index (χ0v) is 37.4. The summed E-state index contributed by atoms with van der Waals surface area (Å²) in [6.45, 7) is 1.40. The number of halogens is 3. The van der Waals surface area contributed by atoms with Crippen LogP contribution in [0.3, 0.4) is 0 Å². The van der Waals surface area contributed by atoms with Crippen molar-refractivity contribution in [2.75, 3.05) is 18.4 Å². The first kappa shape index (κ1) is 44.2. The fourth-order valence-corrected chi connectivity index (χ4v) is 12.7. The first-order chi connectivity index (χ1) is 31.9. The van der Waals surface area contributed by atoms with E-state index in [9.17, 15) is 28.8 Å². The van der Waals surface area contributed by atoms with Crippen LogP contribution in [0.5, 0.6) is 0 Å². The van der Waals surface area contributed by atoms with Crippen LogP contribution >= 0.6 is 11.6 Å². The van der Waals surface area contributed by atoms with Gasteiger partial charge in [0.25, 0.3) is 5.91 Å². The predicted octanol–water partition coefficient (Wildman–Crippen LogP) is 6.28. The normalized spacial score (nSPS) is 28.3. The molecule has 4 atom stereocenters. The Kier molecular flexibility index (Phi) is 11.7. The Morgan fingerprint density at radius 1 is 0.864 bits per heavy atom. The summed E-state index contributed by atoms with van der Waals surface area (Å²) in [5, 5.41) is 12.8. The summed E-state index contributed by atoms with van der Waals surface area (Å²) in [6.07, 6.45) is 8.25. The highest BCUT2D eigenvalue weighted by Gasteiger charge is 2.70. The summed E-state index contributed by atoms with van der Waals surface area (Å²) >= 11 is 6.32. The number of likely N-dealkylation sites (tertiary alicyclic amines) is 1. The minimum absolute atomic E-state index is 0.000142. The van der Waals surface area contributed by atoms with Gasteiger partial charge in [-0.1, -0.05) is 67.0 Å². The fraction of sp³-hybridized carbons (Fsp3) is 0.490. The molecule has 5 heterocycles. The number of carbonyl (C=O) groups excluding carboxylic acids is 6. The molecular weight excluding hydrogens is 866 g/mol. The number of fused-ring (bicyclic) bond motifs is 3. The van der Waals surface area contributed by atoms with Crippen molar-refractivity contribution in [1.82, 2.24) is 25.8 Å². The Morgan fingerprint density at radius 3 is 2.38 bits per heavy atom. The van der Waals surface area contributed by atoms with Gasteiger partial charge >= 0.3 is 0 Å². The Labute approximate surface area is 387 Å². The quantitative estimate of drug-likeness (QED) is 0.173. The average molecular weight is 919 g/mol. The van der Waals surface area contributed by atoms with E-state index in [1.54, 1.807) is 24.3 Å². The summed E-state index contributed by atoms with van der Waals surface area (Å²) in [7, 11) is 0. The number of rotatable bonds is 5. The summed E-state index contributed by atoms with van der Waals surface area (Å²) in [5.41, 5.74) is 1.28. The van der Waals surface area contributed by atoms with Gasteiger partial charge < -0.3 is 20.4 Å². The van der Waals surface area contributed by atoms with Crippen LogP contribution < -0.4 is 21.3 Å². The van der Waals surface area contributed by atoms with Gasteiger partial charge in [-0.15, -0.1) is 0 Å². The number of anilines is 1. The molecule has 6 amide bonds. The minimum atomic E-state index is -1.31. The van der Waals surface area contributed by atoms with E-state index in [1.165, 1.54) is 17.0 Å². The van der Waals surface area contributed by atoms with Crippen molar-refractivity contribution in [1.29, 1.82) is 0 Å². The van der Waals surface area contributed by atoms with E-state index >= 15 is 8.78 Å². The van der Waals surface area contributed by atoms with Crippen molar-refractivity contribution in [2.24, 2.45) is 17.3 Å². The lowest BCUT2D eigenvalue weighted by atomic mass is 9.54. The summed E-state index contributed by atoms with van der Waals surface area (Å²) in [6, 6.07) is 12.8. The van der Waals surface area contributed by atoms with Crippen LogP contribution in [0.15, 0.2) is 54.6 Å². The van der Waals surface area contributed by atoms with Gasteiger partial charge in [0.2, 0.25) is 29.5 Å². The lowest BCUT2D eigenvalue weighted by Gasteiger charge is -2.51. The Hall–Kier alpha value is -5.65. The molecular formula is C51H53ClF2N6O6. The van der Waals surface area contributed by atoms with Crippen molar-refractivity contribution < 1.29 is 37.5 Å². The second-order valence-corrected chi connectivity index (χ2v) is 19.9. The third kappa shape index (κ3) is 7.65. The maximum absolute atomic E-state index is 16.1. The molecule has 10 rings (SSSR count). The molecule has 15 heteroatoms. The number of hydrogen-bond acceptors (Lipinski definition) is 7. The topological polar surface area (TPSA) is 157 Å². The largest absolute Gasteiger partial charge is 0.352 e. The molecule has 3 aromatic rings. The second kappa shape index (κ2) is 17.5. The number of benzene rings is 3. The number of hydrogen-bond donors (Lipinski definition) is 4. The number of nitrogens with zero attached hydrogens (tertiary/aromatic N) is 2. The zero-order valence-electron chi connectivity index (χ0n) is 36.7. The highest BCUT2D eigenvalue weighted by atomic mass is 35.5. The monoisotopic (exact) mass is 918 g/mol. The molecule has 5 aliphatic heterocycles. The minimum Gasteiger partial charge on any atom is -0.352 e. The van der Waals surface area contributed by atoms with E-state index in [0.717, 1.165) is 42.0 Å². The second-order valence-electron chi connectivity index (χ2n) is 19.4. The molecule has 1 unspecified atom stereocenters. The van der Waals surface area contributed by atoms with Crippen LogP contribution in [-0.2, 0) is 36.9 Å². The lowest BCUT2D eigenvalue weighted by molar-refractivity contribution is -0.138. The van der Waals surface area contributed by atoms with E-state index in [1.807, 2.05) is 17.0 Å². The Balaban J connectivity index is 0.785. The van der Waals surface area contributed by atoms with Gasteiger partial charge in [-0.2, -0.15) is 0 Å². The summed E-state index contributed by atoms with van der Waals surface area (Å²) < 4.78 is 31.2. The molecule has 4 N–H and O–H groups in total. The van der Waals surface area contributed by atoms with E-state index in [2.05, 4.69) is 33.1 Å². The SMILES string of the molecule is O=C1CCC(N2Cc3c(C#CC4CCN(C(=O)[C@H]5CC[C@H](NC(=O)[C@@H]6NC7(CCCCC7)[C@]7(Cc8ccc(Cl)cc8NC7=O)[C@H]6c6cccc(F)c6F)CC5)CC4)cccc3C2=O)C(=O)N1. The molecule has 0 radical (unpaired) electrons. The fourth-order valence-electron chi connectivity index (χ4n) is 12.5. The maximum atomic E-state index is 16.1. The van der Waals surface area contributed by atoms with Gasteiger partial charge in [-0.3, -0.25) is 39.4 Å². The van der Waals surface area contributed by atoms with Crippen LogP contribution in [0.2, 0.25) is 5.02 Å². The third-order valence-corrected chi connectivity index (χ3v) is 16.1. The van der Waals surface area contributed by atoms with Crippen molar-refractivity contribution in [3.8, 4) is 11.8 Å². The lowest BCUT2D eigenvalue weighted by Crippen LogP contribution is -2.62. The third-order valence-electron chi connectivity index (χ3n) is 15.9. The molecule has 5 fully saturated rings. The van der Waals surface area contributed by atoms with Crippen molar-refractivity contribution >= 4 is 52.7 Å². The molecule has 2 spiro atoms. The van der Waals surface area contributed by atoms with Gasteiger partial charge in [0.15, 0.2) is 11.6 Å². The van der Waals surface area contributed by atoms with Crippen LogP contribution in [0.4, 0.5) is 14.5 Å². The first-order valence-corrected chi connectivity index (χ1v) is 23.9. The summed E-state index contributed by atoms with van der Waals surface area (Å²) in [4.78, 5) is 84.3. The van der Waals surface area contributed by atoms with Gasteiger partial charge in [0, 0.05) is 77.2 Å². The number of nitrogens with one attached hydrogen (secondary N) is 4. The molecule has 344 valence electrons. The molecule has 2 aliphatic carbocycles. The highest BCUT2D eigenvalue weighted by molar-refractivity contribution is 6.31. The van der Waals surface area contributed by atoms with Crippen LogP contribution in [0, 0.1) is 40.7 Å². The van der Waals surface area contributed by atoms with Gasteiger partial charge in [0.05, 0.1) is 11.5 Å². The number of imide groups is 1. The summed E-state index contributed by atoms with van der Waals surface area (Å²) in [5.74, 6) is 1.83. The van der Waals surface area contributed by atoms with Crippen molar-refractivity contribution in [2.45, 2.75) is 126 Å². The van der Waals surface area contributed by atoms with Gasteiger partial charge in [0.1, 0.15) is 6.04 Å². The Bertz CT molecular complexity index is 2590. The smallest absolute Gasteiger partial charge is 0.255 e. The predicted molar refractivity (Wildman–Crippen MR) is 241 cm³/mol. The number of carbonyl (C=O) groups is 6. The molecule has 0 bridgehead atoms. The molecule has 66 heavy (non-hydrogen) atoms. The average Bonchev–Trinajstić information content (AvgIpc) is 3.79. The van der Waals surface area contributed by atoms with Gasteiger partial charge in [-0.05, 0) is 111 Å². The zero-order chi connectivity index (χ0) is 45.9. The molecule has 3 aromatic carbocycles. The van der Waals surface area contributed by atoms with E-state index in [4.69, 9.17) is 11.6 Å². The number of amides is 6. The van der Waals surface area contributed by atoms with Crippen LogP contribution in [0.1, 0.15) is 122 Å². The first-order valence-electron chi connectivity index (χ1n) is 23.5. The number of piperidine rings is 2. The van der Waals surface area contributed by atoms with E-state index in [0.29, 0.717) is 87.2 Å². The van der Waals surface area contributed by atoms with E-state index in [-0.39, 0.29) is 72.4 Å². The van der Waals surface area contributed by atoms with Crippen molar-refractivity contribution in [3.05, 3.63) is 99.1 Å². The maximum Gasteiger partial charge on any atom is 0.255 e. The molecule has 12 nitrogen and oxygen atoms in total. The molecule has 2 saturated carbocycles. The highest BCUT2D eigenvalue weighted by Crippen LogP contribution is 2.61. The standard InChI is InChI=1S/C51H53ClF2N6O6/c52-33-15-12-32-27-51(49(66)56-39(32)26-33)42(36-8-5-9-38(53)43(36)54)44(58-50(51)22-2-1-3-23-50)46(63)55-34-16-13-31(14-17-34)47(64)59-24-20-29(21-25-59)10-11-30-6-4-7-35-37(30)28-60(48(35)65)40-18-19-41(61)57-45(40)62/h4-9,12,15,26,29,31,34,40,42,44,58H,1-3,13-14,16-25,27-28H2,(H,55,63)(H,56,66)(H,57,61,62)/t31-,34-,40?,42-,44+,51+/m0/s1. The Morgan fingerprint density at radius 2 is 1.62 bits per heavy atom. The molecule has 3 saturated heterocycles. The van der Waals surface area contributed by atoms with Gasteiger partial charge in [-0.25, -0.2) is 8.78 Å². The van der Waals surface area contributed by atoms with Crippen LogP contribution in [-0.4, -0.2) is 82.0 Å². The molecule has 0 aromatic heterocycles.